The van der Waals surface area contributed by atoms with E-state index < -0.39 is 6.09 Å². The quantitative estimate of drug-likeness (QED) is 0.889. The summed E-state index contributed by atoms with van der Waals surface area (Å²) in [5, 5.41) is 0. The molecule has 2 atom stereocenters. The lowest BCUT2D eigenvalue weighted by Gasteiger charge is -2.33. The van der Waals surface area contributed by atoms with Crippen LogP contribution in [0.25, 0.3) is 0 Å². The van der Waals surface area contributed by atoms with Crippen molar-refractivity contribution < 1.29 is 14.3 Å². The van der Waals surface area contributed by atoms with Crippen molar-refractivity contribution in [3.8, 4) is 5.75 Å². The van der Waals surface area contributed by atoms with Crippen LogP contribution >= 0.6 is 0 Å². The molecule has 0 saturated carbocycles. The number of hydrogen-bond acceptors (Lipinski definition) is 5. The zero-order chi connectivity index (χ0) is 14.3. The van der Waals surface area contributed by atoms with Crippen molar-refractivity contribution in [2.45, 2.75) is 38.3 Å². The van der Waals surface area contributed by atoms with Gasteiger partial charge in [-0.15, -0.1) is 0 Å². The minimum absolute atomic E-state index is 0.184. The van der Waals surface area contributed by atoms with Gasteiger partial charge in [-0.25, -0.2) is 9.78 Å². The maximum Gasteiger partial charge on any atom is 0.404 e. The second-order valence-electron chi connectivity index (χ2n) is 5.62. The molecule has 20 heavy (non-hydrogen) atoms. The number of hydrogen-bond donors (Lipinski definition) is 1. The summed E-state index contributed by atoms with van der Waals surface area (Å²) < 4.78 is 11.0. The molecule has 1 aromatic rings. The third-order valence-electron chi connectivity index (χ3n) is 3.89. The number of primary amides is 1. The third-order valence-corrected chi connectivity index (χ3v) is 3.89. The van der Waals surface area contributed by atoms with Crippen LogP contribution in [-0.2, 0) is 4.74 Å². The van der Waals surface area contributed by atoms with Crippen molar-refractivity contribution in [2.75, 3.05) is 18.1 Å². The van der Waals surface area contributed by atoms with Crippen LogP contribution in [0, 0.1) is 0 Å². The van der Waals surface area contributed by atoms with E-state index in [0.29, 0.717) is 19.1 Å². The summed E-state index contributed by atoms with van der Waals surface area (Å²) >= 11 is 0. The van der Waals surface area contributed by atoms with Gasteiger partial charge in [0.2, 0.25) is 0 Å². The molecular weight excluding hydrogens is 258 g/mol. The van der Waals surface area contributed by atoms with Crippen LogP contribution in [0.15, 0.2) is 12.3 Å². The van der Waals surface area contributed by atoms with Gasteiger partial charge in [-0.2, -0.15) is 0 Å². The Morgan fingerprint density at radius 2 is 2.40 bits per heavy atom. The van der Waals surface area contributed by atoms with Gasteiger partial charge >= 0.3 is 6.09 Å². The first-order valence-corrected chi connectivity index (χ1v) is 6.90. The number of rotatable bonds is 2. The summed E-state index contributed by atoms with van der Waals surface area (Å²) in [6, 6.07) is 2.19. The molecule has 0 aromatic carbocycles. The topological polar surface area (TPSA) is 77.7 Å². The minimum atomic E-state index is -0.722. The zero-order valence-electron chi connectivity index (χ0n) is 11.7. The average Bonchev–Trinajstić information content (AvgIpc) is 2.79. The lowest BCUT2D eigenvalue weighted by molar-refractivity contribution is 0.114. The average molecular weight is 277 g/mol. The van der Waals surface area contributed by atoms with E-state index in [-0.39, 0.29) is 12.1 Å². The van der Waals surface area contributed by atoms with Crippen LogP contribution in [0.1, 0.15) is 31.7 Å². The molecule has 2 aliphatic rings. The Labute approximate surface area is 117 Å². The first-order chi connectivity index (χ1) is 9.56. The highest BCUT2D eigenvalue weighted by atomic mass is 16.6. The first-order valence-electron chi connectivity index (χ1n) is 6.90. The van der Waals surface area contributed by atoms with Crippen LogP contribution in [0.5, 0.6) is 5.75 Å². The molecule has 0 radical (unpaired) electrons. The molecule has 6 nitrogen and oxygen atoms in total. The summed E-state index contributed by atoms with van der Waals surface area (Å²) in [5.74, 6) is 2.09. The van der Waals surface area contributed by atoms with Gasteiger partial charge in [-0.05, 0) is 12.0 Å². The highest BCUT2D eigenvalue weighted by Gasteiger charge is 2.40. The van der Waals surface area contributed by atoms with E-state index in [9.17, 15) is 4.79 Å². The molecule has 1 amide bonds. The summed E-state index contributed by atoms with van der Waals surface area (Å²) in [5.41, 5.74) is 6.25. The number of aromatic nitrogens is 1. The summed E-state index contributed by atoms with van der Waals surface area (Å²) in [6.45, 7) is 5.48. The van der Waals surface area contributed by atoms with E-state index in [1.165, 1.54) is 0 Å². The van der Waals surface area contributed by atoms with Gasteiger partial charge in [-0.1, -0.05) is 13.8 Å². The fraction of sp³-hybridized carbons (Fsp3) is 0.571. The van der Waals surface area contributed by atoms with E-state index in [1.807, 2.05) is 12.3 Å². The maximum atomic E-state index is 10.9. The van der Waals surface area contributed by atoms with E-state index in [0.717, 1.165) is 23.6 Å². The molecule has 2 N–H and O–H groups in total. The SMILES string of the molecule is CC(C)c1ccnc2c1OCC1CC(OC(N)=O)CN21. The Bertz CT molecular complexity index is 532. The van der Waals surface area contributed by atoms with Crippen molar-refractivity contribution in [1.29, 1.82) is 0 Å². The van der Waals surface area contributed by atoms with Gasteiger partial charge in [0.25, 0.3) is 0 Å². The molecule has 2 aliphatic heterocycles. The predicted octanol–water partition coefficient (Wildman–Crippen LogP) is 1.64. The lowest BCUT2D eigenvalue weighted by Crippen LogP contribution is -2.39. The van der Waals surface area contributed by atoms with Crippen LogP contribution in [-0.4, -0.2) is 36.4 Å². The van der Waals surface area contributed by atoms with Crippen LogP contribution in [0.3, 0.4) is 0 Å². The number of pyridine rings is 1. The Balaban J connectivity index is 1.89. The second-order valence-corrected chi connectivity index (χ2v) is 5.62. The fourth-order valence-electron chi connectivity index (χ4n) is 2.98. The first kappa shape index (κ1) is 13.0. The number of nitrogens with zero attached hydrogens (tertiary/aromatic N) is 2. The zero-order valence-corrected chi connectivity index (χ0v) is 11.7. The molecule has 3 rings (SSSR count). The van der Waals surface area contributed by atoms with Crippen LogP contribution in [0.4, 0.5) is 10.6 Å². The Morgan fingerprint density at radius 3 is 3.10 bits per heavy atom. The van der Waals surface area contributed by atoms with Gasteiger partial charge in [0.15, 0.2) is 11.6 Å². The number of ether oxygens (including phenoxy) is 2. The van der Waals surface area contributed by atoms with E-state index >= 15 is 0 Å². The summed E-state index contributed by atoms with van der Waals surface area (Å²) in [4.78, 5) is 17.5. The van der Waals surface area contributed by atoms with Crippen LogP contribution in [0.2, 0.25) is 0 Å². The smallest absolute Gasteiger partial charge is 0.404 e. The highest BCUT2D eigenvalue weighted by Crippen LogP contribution is 2.41. The van der Waals surface area contributed by atoms with E-state index in [1.54, 1.807) is 0 Å². The summed E-state index contributed by atoms with van der Waals surface area (Å²) in [6.07, 6.45) is 1.63. The number of carbonyl (C=O) groups is 1. The van der Waals surface area contributed by atoms with Crippen molar-refractivity contribution >= 4 is 11.9 Å². The molecular formula is C14H19N3O3. The number of anilines is 1. The van der Waals surface area contributed by atoms with Crippen LogP contribution < -0.4 is 15.4 Å². The van der Waals surface area contributed by atoms with Gasteiger partial charge < -0.3 is 20.1 Å². The molecule has 0 bridgehead atoms. The minimum Gasteiger partial charge on any atom is -0.487 e. The normalized spacial score (nSPS) is 24.1. The number of amides is 1. The predicted molar refractivity (Wildman–Crippen MR) is 74.0 cm³/mol. The lowest BCUT2D eigenvalue weighted by atomic mass is 10.0. The van der Waals surface area contributed by atoms with Gasteiger partial charge in [0, 0.05) is 18.2 Å². The van der Waals surface area contributed by atoms with Gasteiger partial charge in [-0.3, -0.25) is 0 Å². The monoisotopic (exact) mass is 277 g/mol. The number of fused-ring (bicyclic) bond motifs is 3. The van der Waals surface area contributed by atoms with Crippen molar-refractivity contribution in [3.63, 3.8) is 0 Å². The largest absolute Gasteiger partial charge is 0.487 e. The van der Waals surface area contributed by atoms with Crippen molar-refractivity contribution in [1.82, 2.24) is 4.98 Å². The molecule has 1 aromatic heterocycles. The summed E-state index contributed by atoms with van der Waals surface area (Å²) in [7, 11) is 0. The Morgan fingerprint density at radius 1 is 1.60 bits per heavy atom. The number of carbonyl (C=O) groups excluding carboxylic acids is 1. The molecule has 1 saturated heterocycles. The number of nitrogens with two attached hydrogens (primary N) is 1. The van der Waals surface area contributed by atoms with Crippen molar-refractivity contribution in [3.05, 3.63) is 17.8 Å². The Hall–Kier alpha value is -1.98. The second kappa shape index (κ2) is 4.85. The van der Waals surface area contributed by atoms with E-state index in [2.05, 4.69) is 23.7 Å². The fourth-order valence-corrected chi connectivity index (χ4v) is 2.98. The van der Waals surface area contributed by atoms with E-state index in [4.69, 9.17) is 15.2 Å². The maximum absolute atomic E-state index is 10.9. The molecule has 1 fully saturated rings. The molecule has 3 heterocycles. The van der Waals surface area contributed by atoms with Gasteiger partial charge in [0.1, 0.15) is 12.7 Å². The molecule has 108 valence electrons. The highest BCUT2D eigenvalue weighted by molar-refractivity contribution is 5.65. The van der Waals surface area contributed by atoms with Gasteiger partial charge in [0.05, 0.1) is 12.6 Å². The van der Waals surface area contributed by atoms with Crippen molar-refractivity contribution in [2.24, 2.45) is 5.73 Å². The molecule has 0 spiro atoms. The Kier molecular flexibility index (Phi) is 3.16. The molecule has 6 heteroatoms. The third kappa shape index (κ3) is 2.15. The molecule has 2 unspecified atom stereocenters. The molecule has 0 aliphatic carbocycles. The standard InChI is InChI=1S/C14H19N3O3/c1-8(2)11-3-4-16-13-12(11)19-7-9-5-10(6-17(9)13)20-14(15)18/h3-4,8-10H,5-7H2,1-2H3,(H2,15,18).